The van der Waals surface area contributed by atoms with Crippen LogP contribution < -0.4 is 0 Å². The second-order valence-corrected chi connectivity index (χ2v) is 4.19. The maximum absolute atomic E-state index is 10.8. The Morgan fingerprint density at radius 2 is 2.22 bits per heavy atom. The highest BCUT2D eigenvalue weighted by Crippen LogP contribution is 2.22. The number of hydrogen-bond donors (Lipinski definition) is 0. The third-order valence-corrected chi connectivity index (χ3v) is 2.85. The van der Waals surface area contributed by atoms with Gasteiger partial charge in [0.05, 0.1) is 4.92 Å². The van der Waals surface area contributed by atoms with Gasteiger partial charge in [0.1, 0.15) is 5.82 Å². The van der Waals surface area contributed by atoms with Crippen LogP contribution >= 0.6 is 0 Å². The fraction of sp³-hybridized carbons (Fsp3) is 0.308. The molecule has 2 aromatic rings. The van der Waals surface area contributed by atoms with E-state index < -0.39 is 0 Å². The maximum atomic E-state index is 10.8. The van der Waals surface area contributed by atoms with Gasteiger partial charge in [-0.3, -0.25) is 10.1 Å². The van der Waals surface area contributed by atoms with Crippen molar-refractivity contribution >= 4 is 5.69 Å². The van der Waals surface area contributed by atoms with E-state index >= 15 is 0 Å². The number of nitrogens with zero attached hydrogens (tertiary/aromatic N) is 3. The molecule has 94 valence electrons. The first-order chi connectivity index (χ1) is 8.63. The van der Waals surface area contributed by atoms with Crippen molar-refractivity contribution in [3.8, 4) is 5.69 Å². The Morgan fingerprint density at radius 1 is 1.44 bits per heavy atom. The van der Waals surface area contributed by atoms with Crippen LogP contribution in [0.1, 0.15) is 24.7 Å². The van der Waals surface area contributed by atoms with Crippen molar-refractivity contribution in [2.24, 2.45) is 0 Å². The van der Waals surface area contributed by atoms with Crippen LogP contribution in [0.15, 0.2) is 30.6 Å². The monoisotopic (exact) mass is 245 g/mol. The molecule has 0 radical (unpaired) electrons. The highest BCUT2D eigenvalue weighted by Gasteiger charge is 2.12. The molecule has 0 N–H and O–H groups in total. The molecule has 0 aliphatic rings. The van der Waals surface area contributed by atoms with E-state index in [2.05, 4.69) is 11.9 Å². The van der Waals surface area contributed by atoms with E-state index in [0.29, 0.717) is 5.56 Å². The smallest absolute Gasteiger partial charge is 0.272 e. The average molecular weight is 245 g/mol. The van der Waals surface area contributed by atoms with E-state index in [-0.39, 0.29) is 10.6 Å². The lowest BCUT2D eigenvalue weighted by molar-refractivity contribution is -0.385. The topological polar surface area (TPSA) is 61.0 Å². The fourth-order valence-corrected chi connectivity index (χ4v) is 1.97. The molecule has 0 amide bonds. The number of aryl methyl sites for hydroxylation is 2. The summed E-state index contributed by atoms with van der Waals surface area (Å²) < 4.78 is 1.97. The molecule has 1 aromatic carbocycles. The van der Waals surface area contributed by atoms with Gasteiger partial charge in [0, 0.05) is 36.1 Å². The first-order valence-electron chi connectivity index (χ1n) is 5.91. The lowest BCUT2D eigenvalue weighted by atomic mass is 10.2. The molecule has 0 atom stereocenters. The molecule has 0 bridgehead atoms. The molecule has 5 nitrogen and oxygen atoms in total. The fourth-order valence-electron chi connectivity index (χ4n) is 1.97. The summed E-state index contributed by atoms with van der Waals surface area (Å²) in [5.41, 5.74) is 1.73. The summed E-state index contributed by atoms with van der Waals surface area (Å²) in [5.74, 6) is 0.978. The number of rotatable bonds is 4. The standard InChI is InChI=1S/C13H15N3O2/c1-3-4-13-14-7-8-15(13)11-5-6-12(16(17)18)10(2)9-11/h5-9H,3-4H2,1-2H3. The first kappa shape index (κ1) is 12.3. The predicted octanol–water partition coefficient (Wildman–Crippen LogP) is 3.04. The number of hydrogen-bond acceptors (Lipinski definition) is 3. The minimum atomic E-state index is -0.361. The molecule has 0 aliphatic carbocycles. The van der Waals surface area contributed by atoms with Crippen molar-refractivity contribution in [2.45, 2.75) is 26.7 Å². The molecule has 18 heavy (non-hydrogen) atoms. The Labute approximate surface area is 105 Å². The Balaban J connectivity index is 2.42. The first-order valence-corrected chi connectivity index (χ1v) is 5.91. The van der Waals surface area contributed by atoms with Gasteiger partial charge >= 0.3 is 0 Å². The van der Waals surface area contributed by atoms with Crippen LogP contribution in [0, 0.1) is 17.0 Å². The minimum Gasteiger partial charge on any atom is -0.304 e. The highest BCUT2D eigenvalue weighted by atomic mass is 16.6. The van der Waals surface area contributed by atoms with E-state index in [4.69, 9.17) is 0 Å². The molecule has 0 saturated carbocycles. The number of nitro groups is 1. The van der Waals surface area contributed by atoms with Crippen molar-refractivity contribution < 1.29 is 4.92 Å². The number of benzene rings is 1. The van der Waals surface area contributed by atoms with Gasteiger partial charge in [-0.25, -0.2) is 4.98 Å². The molecule has 1 aromatic heterocycles. The Morgan fingerprint density at radius 3 is 2.83 bits per heavy atom. The molecule has 0 spiro atoms. The van der Waals surface area contributed by atoms with E-state index in [1.165, 1.54) is 0 Å². The van der Waals surface area contributed by atoms with Gasteiger partial charge in [-0.2, -0.15) is 0 Å². The van der Waals surface area contributed by atoms with Gasteiger partial charge in [0.15, 0.2) is 0 Å². The molecule has 1 heterocycles. The largest absolute Gasteiger partial charge is 0.304 e. The van der Waals surface area contributed by atoms with Gasteiger partial charge < -0.3 is 4.57 Å². The van der Waals surface area contributed by atoms with Gasteiger partial charge in [0.2, 0.25) is 0 Å². The van der Waals surface area contributed by atoms with E-state index in [0.717, 1.165) is 24.4 Å². The van der Waals surface area contributed by atoms with Crippen molar-refractivity contribution in [3.63, 3.8) is 0 Å². The second-order valence-electron chi connectivity index (χ2n) is 4.19. The van der Waals surface area contributed by atoms with E-state index in [1.54, 1.807) is 25.3 Å². The quantitative estimate of drug-likeness (QED) is 0.614. The zero-order chi connectivity index (χ0) is 13.1. The molecule has 0 saturated heterocycles. The summed E-state index contributed by atoms with van der Waals surface area (Å²) in [4.78, 5) is 14.7. The zero-order valence-electron chi connectivity index (χ0n) is 10.5. The highest BCUT2D eigenvalue weighted by molar-refractivity contribution is 5.48. The molecular formula is C13H15N3O2. The molecule has 5 heteroatoms. The third kappa shape index (κ3) is 2.25. The van der Waals surface area contributed by atoms with Crippen molar-refractivity contribution in [3.05, 3.63) is 52.1 Å². The maximum Gasteiger partial charge on any atom is 0.272 e. The van der Waals surface area contributed by atoms with Crippen molar-refractivity contribution in [1.29, 1.82) is 0 Å². The summed E-state index contributed by atoms with van der Waals surface area (Å²) in [6, 6.07) is 5.12. The molecule has 0 aliphatic heterocycles. The predicted molar refractivity (Wildman–Crippen MR) is 69.0 cm³/mol. The van der Waals surface area contributed by atoms with Gasteiger partial charge in [-0.1, -0.05) is 6.92 Å². The molecular weight excluding hydrogens is 230 g/mol. The lowest BCUT2D eigenvalue weighted by Crippen LogP contribution is -2.01. The SMILES string of the molecule is CCCc1nccn1-c1ccc([N+](=O)[O-])c(C)c1. The lowest BCUT2D eigenvalue weighted by Gasteiger charge is -2.08. The van der Waals surface area contributed by atoms with Gasteiger partial charge in [-0.15, -0.1) is 0 Å². The summed E-state index contributed by atoms with van der Waals surface area (Å²) in [7, 11) is 0. The molecule has 0 unspecified atom stereocenters. The number of imidazole rings is 1. The number of aromatic nitrogens is 2. The summed E-state index contributed by atoms with van der Waals surface area (Å²) in [6.45, 7) is 3.85. The van der Waals surface area contributed by atoms with E-state index in [1.807, 2.05) is 16.8 Å². The van der Waals surface area contributed by atoms with Crippen LogP contribution in [0.4, 0.5) is 5.69 Å². The summed E-state index contributed by atoms with van der Waals surface area (Å²) in [6.07, 6.45) is 5.54. The Bertz CT molecular complexity index is 575. The van der Waals surface area contributed by atoms with Crippen molar-refractivity contribution in [1.82, 2.24) is 9.55 Å². The molecule has 0 fully saturated rings. The normalized spacial score (nSPS) is 10.6. The van der Waals surface area contributed by atoms with Gasteiger partial charge in [0.25, 0.3) is 5.69 Å². The van der Waals surface area contributed by atoms with Crippen LogP contribution in [0.3, 0.4) is 0 Å². The van der Waals surface area contributed by atoms with E-state index in [9.17, 15) is 10.1 Å². The van der Waals surface area contributed by atoms with Crippen LogP contribution in [-0.4, -0.2) is 14.5 Å². The van der Waals surface area contributed by atoms with Crippen LogP contribution in [0.25, 0.3) is 5.69 Å². The number of nitro benzene ring substituents is 1. The van der Waals surface area contributed by atoms with Crippen LogP contribution in [-0.2, 0) is 6.42 Å². The third-order valence-electron chi connectivity index (χ3n) is 2.85. The molecule has 2 rings (SSSR count). The second kappa shape index (κ2) is 5.00. The Hall–Kier alpha value is -2.17. The summed E-state index contributed by atoms with van der Waals surface area (Å²) >= 11 is 0. The Kier molecular flexibility index (Phi) is 3.41. The minimum absolute atomic E-state index is 0.149. The summed E-state index contributed by atoms with van der Waals surface area (Å²) in [5, 5.41) is 10.8. The van der Waals surface area contributed by atoms with Crippen molar-refractivity contribution in [2.75, 3.05) is 0 Å². The van der Waals surface area contributed by atoms with Crippen LogP contribution in [0.2, 0.25) is 0 Å². The average Bonchev–Trinajstić information content (AvgIpc) is 2.77. The zero-order valence-corrected chi connectivity index (χ0v) is 10.5. The van der Waals surface area contributed by atoms with Gasteiger partial charge in [-0.05, 0) is 25.5 Å². The van der Waals surface area contributed by atoms with Crippen LogP contribution in [0.5, 0.6) is 0 Å².